The van der Waals surface area contributed by atoms with Crippen molar-refractivity contribution in [2.75, 3.05) is 40.5 Å². The molecule has 0 aromatic rings. The minimum absolute atomic E-state index is 0.0268. The van der Waals surface area contributed by atoms with Crippen molar-refractivity contribution in [3.05, 3.63) is 12.2 Å². The molecule has 0 saturated carbocycles. The van der Waals surface area contributed by atoms with Gasteiger partial charge in [0.1, 0.15) is 27.2 Å². The second-order valence-corrected chi connectivity index (χ2v) is 9.87. The van der Waals surface area contributed by atoms with Crippen LogP contribution >= 0.6 is 0 Å². The zero-order valence-electron chi connectivity index (χ0n) is 24.0. The third-order valence-electron chi connectivity index (χ3n) is 5.41. The van der Waals surface area contributed by atoms with Crippen LogP contribution in [0, 0.1) is 16.7 Å². The predicted molar refractivity (Wildman–Crippen MR) is 145 cm³/mol. The lowest BCUT2D eigenvalue weighted by Gasteiger charge is -2.32. The molecule has 11 heteroatoms. The van der Waals surface area contributed by atoms with E-state index in [4.69, 9.17) is 28.7 Å². The number of imide groups is 1. The van der Waals surface area contributed by atoms with E-state index in [1.807, 2.05) is 27.2 Å². The molecule has 1 rings (SSSR count). The highest BCUT2D eigenvalue weighted by Crippen LogP contribution is 2.32. The number of ether oxygens (including phenoxy) is 2. The van der Waals surface area contributed by atoms with E-state index in [2.05, 4.69) is 33.0 Å². The van der Waals surface area contributed by atoms with Gasteiger partial charge in [0, 0.05) is 45.9 Å². The average molecular weight is 545 g/mol. The number of carbonyl (C=O) groups excluding carboxylic acids is 7. The van der Waals surface area contributed by atoms with Gasteiger partial charge in [0.25, 0.3) is 11.8 Å². The Bertz CT molecular complexity index is 655. The molecular formula is C27H48N2O9. The van der Waals surface area contributed by atoms with Gasteiger partial charge in [-0.3, -0.25) is 19.3 Å². The molecule has 0 aromatic carbocycles. The number of amides is 3. The molecule has 1 heterocycles. The monoisotopic (exact) mass is 544 g/mol. The van der Waals surface area contributed by atoms with Crippen LogP contribution in [0.3, 0.4) is 0 Å². The summed E-state index contributed by atoms with van der Waals surface area (Å²) >= 11 is 0. The van der Waals surface area contributed by atoms with E-state index in [9.17, 15) is 14.4 Å². The van der Waals surface area contributed by atoms with E-state index in [0.29, 0.717) is 38.5 Å². The maximum absolute atomic E-state index is 12.3. The van der Waals surface area contributed by atoms with Crippen LogP contribution in [0.1, 0.15) is 59.8 Å². The summed E-state index contributed by atoms with van der Waals surface area (Å²) in [6.07, 6.45) is 6.24. The average Bonchev–Trinajstić information content (AvgIpc) is 3.22. The molecule has 220 valence electrons. The van der Waals surface area contributed by atoms with Crippen LogP contribution in [-0.2, 0) is 43.0 Å². The lowest BCUT2D eigenvalue weighted by atomic mass is 9.78. The molecule has 38 heavy (non-hydrogen) atoms. The van der Waals surface area contributed by atoms with Crippen molar-refractivity contribution in [1.29, 1.82) is 0 Å². The highest BCUT2D eigenvalue weighted by atomic mass is 16.5. The molecule has 0 aliphatic carbocycles. The first-order valence-corrected chi connectivity index (χ1v) is 11.9. The van der Waals surface area contributed by atoms with Gasteiger partial charge in [0.2, 0.25) is 5.91 Å². The van der Waals surface area contributed by atoms with E-state index >= 15 is 0 Å². The number of carbonyl (C=O) groups is 7. The summed E-state index contributed by atoms with van der Waals surface area (Å²) in [5.74, 6) is -0.326. The predicted octanol–water partition coefficient (Wildman–Crippen LogP) is 2.20. The van der Waals surface area contributed by atoms with Crippen LogP contribution in [0.15, 0.2) is 12.2 Å². The maximum atomic E-state index is 12.3. The summed E-state index contributed by atoms with van der Waals surface area (Å²) in [6, 6.07) is 0. The fourth-order valence-corrected chi connectivity index (χ4v) is 3.96. The first kappa shape index (κ1) is 42.1. The number of nitrogens with one attached hydrogen (secondary N) is 1. The summed E-state index contributed by atoms with van der Waals surface area (Å²) in [4.78, 5) is 68.6. The number of rotatable bonds is 15. The fourth-order valence-electron chi connectivity index (χ4n) is 3.96. The molecule has 3 amide bonds. The Morgan fingerprint density at radius 2 is 1.32 bits per heavy atom. The topological polar surface area (TPSA) is 153 Å². The van der Waals surface area contributed by atoms with Crippen molar-refractivity contribution in [3.8, 4) is 0 Å². The first-order valence-electron chi connectivity index (χ1n) is 11.9. The van der Waals surface area contributed by atoms with Gasteiger partial charge < -0.3 is 34.0 Å². The van der Waals surface area contributed by atoms with E-state index in [1.54, 1.807) is 14.2 Å². The number of nitrogens with zero attached hydrogens (tertiary/aromatic N) is 1. The Balaban J connectivity index is -0.000000656. The number of methoxy groups -OCH3 is 2. The summed E-state index contributed by atoms with van der Waals surface area (Å²) in [5, 5.41) is 3.05. The zero-order chi connectivity index (χ0) is 30.8. The molecule has 0 saturated heterocycles. The molecule has 1 aliphatic rings. The van der Waals surface area contributed by atoms with Gasteiger partial charge in [-0.05, 0) is 42.4 Å². The van der Waals surface area contributed by atoms with Crippen molar-refractivity contribution >= 4 is 44.9 Å². The summed E-state index contributed by atoms with van der Waals surface area (Å²) in [6.45, 7) is 19.0. The second kappa shape index (κ2) is 25.6. The van der Waals surface area contributed by atoms with Crippen molar-refractivity contribution in [3.63, 3.8) is 0 Å². The Morgan fingerprint density at radius 1 is 0.868 bits per heavy atom. The van der Waals surface area contributed by atoms with E-state index in [-0.39, 0.29) is 35.1 Å². The quantitative estimate of drug-likeness (QED) is 0.306. The molecular weight excluding hydrogens is 496 g/mol. The highest BCUT2D eigenvalue weighted by Gasteiger charge is 2.27. The van der Waals surface area contributed by atoms with Gasteiger partial charge in [-0.25, -0.2) is 0 Å². The van der Waals surface area contributed by atoms with E-state index in [0.717, 1.165) is 19.3 Å². The van der Waals surface area contributed by atoms with Crippen molar-refractivity contribution in [2.24, 2.45) is 16.7 Å². The largest absolute Gasteiger partial charge is 0.384 e. The minimum Gasteiger partial charge on any atom is -0.384 e. The Kier molecular flexibility index (Phi) is 28.3. The zero-order valence-corrected chi connectivity index (χ0v) is 24.0. The van der Waals surface area contributed by atoms with Crippen LogP contribution in [0.2, 0.25) is 0 Å². The Morgan fingerprint density at radius 3 is 1.76 bits per heavy atom. The number of hydrogen-bond donors (Lipinski definition) is 1. The van der Waals surface area contributed by atoms with Crippen molar-refractivity contribution in [1.82, 2.24) is 10.2 Å². The van der Waals surface area contributed by atoms with Crippen LogP contribution in [0.4, 0.5) is 0 Å². The van der Waals surface area contributed by atoms with Gasteiger partial charge in [-0.15, -0.1) is 0 Å². The van der Waals surface area contributed by atoms with Crippen LogP contribution in [0.25, 0.3) is 0 Å². The summed E-state index contributed by atoms with van der Waals surface area (Å²) < 4.78 is 10.7. The third kappa shape index (κ3) is 21.1. The second-order valence-electron chi connectivity index (χ2n) is 9.87. The van der Waals surface area contributed by atoms with Crippen molar-refractivity contribution in [2.45, 2.75) is 59.8 Å². The van der Waals surface area contributed by atoms with Crippen LogP contribution in [0.5, 0.6) is 0 Å². The molecule has 0 radical (unpaired) electrons. The molecule has 0 aromatic heterocycles. The molecule has 1 N–H and O–H groups in total. The summed E-state index contributed by atoms with van der Waals surface area (Å²) in [7, 11) is 3.44. The lowest BCUT2D eigenvalue weighted by Crippen LogP contribution is -2.35. The van der Waals surface area contributed by atoms with Gasteiger partial charge in [0.05, 0.1) is 13.2 Å². The van der Waals surface area contributed by atoms with E-state index in [1.165, 1.54) is 17.1 Å². The maximum Gasteiger partial charge on any atom is 0.253 e. The van der Waals surface area contributed by atoms with Gasteiger partial charge in [-0.1, -0.05) is 27.7 Å². The fraction of sp³-hybridized carbons (Fsp3) is 0.667. The van der Waals surface area contributed by atoms with Crippen molar-refractivity contribution < 1.29 is 43.0 Å². The molecule has 0 spiro atoms. The van der Waals surface area contributed by atoms with Gasteiger partial charge in [0.15, 0.2) is 0 Å². The van der Waals surface area contributed by atoms with Crippen LogP contribution < -0.4 is 5.32 Å². The third-order valence-corrected chi connectivity index (χ3v) is 5.41. The van der Waals surface area contributed by atoms with Crippen LogP contribution in [-0.4, -0.2) is 90.3 Å². The molecule has 1 atom stereocenters. The number of hydrogen-bond acceptors (Lipinski definition) is 9. The molecule has 11 nitrogen and oxygen atoms in total. The van der Waals surface area contributed by atoms with E-state index < -0.39 is 0 Å². The standard InChI is InChI=1S/C23H40N2O5.4CH2O/c1-22(2,16-29-5)12-11-18(14-23(3,4)17-30-6)15-24-19(26)8-7-13-25-20(27)9-10-21(25)28;4*1-2/h9-10,18H,7-8,11-17H2,1-6H3,(H,24,26);4*1H2. The molecule has 1 unspecified atom stereocenters. The molecule has 0 fully saturated rings. The molecule has 1 aliphatic heterocycles. The smallest absolute Gasteiger partial charge is 0.253 e. The molecule has 0 bridgehead atoms. The minimum atomic E-state index is -0.306. The Hall–Kier alpha value is -3.05. The lowest BCUT2D eigenvalue weighted by molar-refractivity contribution is -0.137. The van der Waals surface area contributed by atoms with Gasteiger partial charge in [-0.2, -0.15) is 0 Å². The Labute approximate surface area is 227 Å². The van der Waals surface area contributed by atoms with Gasteiger partial charge >= 0.3 is 0 Å². The highest BCUT2D eigenvalue weighted by molar-refractivity contribution is 6.12. The first-order chi connectivity index (χ1) is 18.0. The summed E-state index contributed by atoms with van der Waals surface area (Å²) in [5.41, 5.74) is 0.115. The normalized spacial score (nSPS) is 12.8. The SMILES string of the molecule is C=O.C=O.C=O.C=O.COCC(C)(C)CCC(CNC(=O)CCCN1C(=O)C=CC1=O)CC(C)(C)COC.